The number of methoxy groups -OCH3 is 1. The van der Waals surface area contributed by atoms with E-state index in [4.69, 9.17) is 0 Å². The molecule has 0 fully saturated rings. The second-order valence-electron chi connectivity index (χ2n) is 2.53. The highest BCUT2D eigenvalue weighted by atomic mass is 16.5. The maximum atomic E-state index is 11.0. The van der Waals surface area contributed by atoms with Crippen LogP contribution in [0.4, 0.5) is 0 Å². The minimum absolute atomic E-state index is 0.434. The van der Waals surface area contributed by atoms with Crippen molar-refractivity contribution in [1.29, 1.82) is 0 Å². The number of carbonyl (C=O) groups excluding carboxylic acids is 2. The fourth-order valence-corrected chi connectivity index (χ4v) is 0.811. The summed E-state index contributed by atoms with van der Waals surface area (Å²) >= 11 is 0. The fraction of sp³-hybridized carbons (Fsp3) is 0.714. The lowest BCUT2D eigenvalue weighted by atomic mass is 10.3. The lowest BCUT2D eigenvalue weighted by Crippen LogP contribution is -2.46. The molecule has 0 bridgehead atoms. The largest absolute Gasteiger partial charge is 0.467 e. The summed E-state index contributed by atoms with van der Waals surface area (Å²) in [4.78, 5) is 21.5. The van der Waals surface area contributed by atoms with Gasteiger partial charge in [0, 0.05) is 14.1 Å². The van der Waals surface area contributed by atoms with Gasteiger partial charge in [-0.05, 0) is 6.92 Å². The van der Waals surface area contributed by atoms with Crippen LogP contribution in [0.1, 0.15) is 6.92 Å². The molecule has 0 N–H and O–H groups in total. The summed E-state index contributed by atoms with van der Waals surface area (Å²) in [6.45, 7) is 1.60. The van der Waals surface area contributed by atoms with Crippen molar-refractivity contribution >= 4 is 12.4 Å². The number of nitrogens with zero attached hydrogens (tertiary/aromatic N) is 2. The predicted molar refractivity (Wildman–Crippen MR) is 43.1 cm³/mol. The van der Waals surface area contributed by atoms with E-state index < -0.39 is 12.0 Å². The van der Waals surface area contributed by atoms with E-state index >= 15 is 0 Å². The van der Waals surface area contributed by atoms with Crippen molar-refractivity contribution < 1.29 is 14.3 Å². The van der Waals surface area contributed by atoms with Gasteiger partial charge < -0.3 is 4.74 Å². The van der Waals surface area contributed by atoms with E-state index in [1.165, 1.54) is 17.1 Å². The van der Waals surface area contributed by atoms with Gasteiger partial charge >= 0.3 is 5.97 Å². The van der Waals surface area contributed by atoms with Crippen LogP contribution in [0.5, 0.6) is 0 Å². The second kappa shape index (κ2) is 4.71. The van der Waals surface area contributed by atoms with Gasteiger partial charge in [0.25, 0.3) is 0 Å². The van der Waals surface area contributed by atoms with Crippen molar-refractivity contribution in [3.8, 4) is 0 Å². The number of hydrogen-bond acceptors (Lipinski definition) is 4. The van der Waals surface area contributed by atoms with Crippen LogP contribution < -0.4 is 0 Å². The fourth-order valence-electron chi connectivity index (χ4n) is 0.811. The van der Waals surface area contributed by atoms with Gasteiger partial charge in [-0.25, -0.2) is 9.80 Å². The quantitative estimate of drug-likeness (QED) is 0.327. The third kappa shape index (κ3) is 2.50. The zero-order valence-electron chi connectivity index (χ0n) is 7.77. The van der Waals surface area contributed by atoms with Gasteiger partial charge in [-0.15, -0.1) is 0 Å². The Morgan fingerprint density at radius 2 is 2.00 bits per heavy atom. The maximum absolute atomic E-state index is 11.0. The summed E-state index contributed by atoms with van der Waals surface area (Å²) in [5, 5.41) is 2.76. The molecule has 1 atom stereocenters. The topological polar surface area (TPSA) is 49.9 Å². The summed E-state index contributed by atoms with van der Waals surface area (Å²) in [5.74, 6) is -0.434. The molecule has 0 aliphatic carbocycles. The van der Waals surface area contributed by atoms with Crippen molar-refractivity contribution in [3.05, 3.63) is 0 Å². The van der Waals surface area contributed by atoms with Gasteiger partial charge in [0.2, 0.25) is 6.41 Å². The van der Waals surface area contributed by atoms with E-state index in [1.54, 1.807) is 21.0 Å². The van der Waals surface area contributed by atoms with Crippen molar-refractivity contribution in [1.82, 2.24) is 10.0 Å². The van der Waals surface area contributed by atoms with Gasteiger partial charge in [-0.2, -0.15) is 0 Å². The summed E-state index contributed by atoms with van der Waals surface area (Å²) in [6.07, 6.45) is 0.585. The number of hydrogen-bond donors (Lipinski definition) is 0. The summed E-state index contributed by atoms with van der Waals surface area (Å²) in [6, 6.07) is -0.581. The monoisotopic (exact) mass is 174 g/mol. The molecule has 0 rings (SSSR count). The number of carbonyl (C=O) groups is 2. The van der Waals surface area contributed by atoms with E-state index in [9.17, 15) is 9.59 Å². The molecule has 70 valence electrons. The average molecular weight is 174 g/mol. The van der Waals surface area contributed by atoms with Gasteiger partial charge in [0.15, 0.2) is 0 Å². The highest BCUT2D eigenvalue weighted by Crippen LogP contribution is 1.99. The Balaban J connectivity index is 4.30. The highest BCUT2D eigenvalue weighted by Gasteiger charge is 2.21. The first-order valence-electron chi connectivity index (χ1n) is 3.53. The van der Waals surface area contributed by atoms with Crippen molar-refractivity contribution in [2.75, 3.05) is 21.2 Å². The number of esters is 1. The van der Waals surface area contributed by atoms with E-state index in [0.29, 0.717) is 6.41 Å². The van der Waals surface area contributed by atoms with Crippen LogP contribution >= 0.6 is 0 Å². The molecule has 0 heterocycles. The average Bonchev–Trinajstić information content (AvgIpc) is 2.03. The van der Waals surface area contributed by atoms with Crippen molar-refractivity contribution in [2.45, 2.75) is 13.0 Å². The predicted octanol–water partition coefficient (Wildman–Crippen LogP) is -0.517. The normalized spacial score (nSPS) is 12.4. The molecular formula is C7H14N2O3. The molecule has 0 aliphatic rings. The number of amides is 1. The lowest BCUT2D eigenvalue weighted by molar-refractivity contribution is -0.158. The third-order valence-corrected chi connectivity index (χ3v) is 1.51. The zero-order chi connectivity index (χ0) is 9.72. The molecule has 1 amide bonds. The van der Waals surface area contributed by atoms with Crippen LogP contribution in [0.3, 0.4) is 0 Å². The second-order valence-corrected chi connectivity index (χ2v) is 2.53. The molecule has 12 heavy (non-hydrogen) atoms. The van der Waals surface area contributed by atoms with Gasteiger partial charge in [-0.1, -0.05) is 0 Å². The molecule has 1 unspecified atom stereocenters. The van der Waals surface area contributed by atoms with Crippen LogP contribution in [0.2, 0.25) is 0 Å². The van der Waals surface area contributed by atoms with Gasteiger partial charge in [0.1, 0.15) is 6.04 Å². The summed E-state index contributed by atoms with van der Waals surface area (Å²) in [7, 11) is 4.64. The van der Waals surface area contributed by atoms with E-state index in [2.05, 4.69) is 4.74 Å². The Labute approximate surface area is 71.9 Å². The summed E-state index contributed by atoms with van der Waals surface area (Å²) < 4.78 is 4.48. The van der Waals surface area contributed by atoms with E-state index in [-0.39, 0.29) is 0 Å². The first-order valence-corrected chi connectivity index (χ1v) is 3.53. The smallest absolute Gasteiger partial charge is 0.329 e. The first kappa shape index (κ1) is 10.9. The standard InChI is InChI=1S/C7H14N2O3/c1-6(7(11)12-4)9(5-10)8(2)3/h5-6H,1-4H3. The van der Waals surface area contributed by atoms with Gasteiger partial charge in [0.05, 0.1) is 7.11 Å². The van der Waals surface area contributed by atoms with Crippen LogP contribution in [0, 0.1) is 0 Å². The molecule has 0 aromatic rings. The van der Waals surface area contributed by atoms with Crippen LogP contribution in [-0.2, 0) is 14.3 Å². The number of rotatable bonds is 4. The zero-order valence-corrected chi connectivity index (χ0v) is 7.77. The molecule has 0 spiro atoms. The molecule has 5 nitrogen and oxygen atoms in total. The minimum Gasteiger partial charge on any atom is -0.467 e. The molecule has 0 saturated carbocycles. The molecule has 0 saturated heterocycles. The third-order valence-electron chi connectivity index (χ3n) is 1.51. The SMILES string of the molecule is COC(=O)C(C)N(C=O)N(C)C. The summed E-state index contributed by atoms with van der Waals surface area (Å²) in [5.41, 5.74) is 0. The molecular weight excluding hydrogens is 160 g/mol. The van der Waals surface area contributed by atoms with Gasteiger partial charge in [-0.3, -0.25) is 9.80 Å². The Kier molecular flexibility index (Phi) is 4.28. The molecule has 5 heteroatoms. The van der Waals surface area contributed by atoms with Crippen molar-refractivity contribution in [2.24, 2.45) is 0 Å². The van der Waals surface area contributed by atoms with Crippen LogP contribution in [0.25, 0.3) is 0 Å². The number of ether oxygens (including phenoxy) is 1. The molecule has 0 aromatic carbocycles. The number of hydrazine groups is 1. The minimum atomic E-state index is -0.581. The first-order chi connectivity index (χ1) is 5.54. The molecule has 0 radical (unpaired) electrons. The van der Waals surface area contributed by atoms with Crippen molar-refractivity contribution in [3.63, 3.8) is 0 Å². The Morgan fingerprint density at radius 3 is 2.25 bits per heavy atom. The Hall–Kier alpha value is -1.10. The van der Waals surface area contributed by atoms with E-state index in [1.807, 2.05) is 0 Å². The van der Waals surface area contributed by atoms with Crippen LogP contribution in [0.15, 0.2) is 0 Å². The molecule has 0 aromatic heterocycles. The lowest BCUT2D eigenvalue weighted by Gasteiger charge is -2.28. The Bertz CT molecular complexity index is 170. The maximum Gasteiger partial charge on any atom is 0.329 e. The molecule has 0 aliphatic heterocycles. The highest BCUT2D eigenvalue weighted by molar-refractivity contribution is 5.77. The van der Waals surface area contributed by atoms with Crippen LogP contribution in [-0.4, -0.2) is 49.6 Å². The van der Waals surface area contributed by atoms with E-state index in [0.717, 1.165) is 0 Å². The Morgan fingerprint density at radius 1 is 1.50 bits per heavy atom.